The molecule has 2 amide bonds. The molecule has 0 fully saturated rings. The Morgan fingerprint density at radius 1 is 1.08 bits per heavy atom. The first kappa shape index (κ1) is 20.1. The second-order valence-corrected chi connectivity index (χ2v) is 6.53. The Morgan fingerprint density at radius 3 is 2.46 bits per heavy atom. The highest BCUT2D eigenvalue weighted by Crippen LogP contribution is 2.26. The van der Waals surface area contributed by atoms with Crippen molar-refractivity contribution < 1.29 is 19.1 Å². The number of hydrazine groups is 1. The molecule has 0 spiro atoms. The van der Waals surface area contributed by atoms with Crippen LogP contribution in [0.4, 0.5) is 0 Å². The van der Waals surface area contributed by atoms with E-state index in [9.17, 15) is 9.59 Å². The highest BCUT2D eigenvalue weighted by molar-refractivity contribution is 9.10. The molecular weight excluding hydrogens is 424 g/mol. The lowest BCUT2D eigenvalue weighted by Crippen LogP contribution is -2.43. The molecule has 2 aromatic carbocycles. The summed E-state index contributed by atoms with van der Waals surface area (Å²) >= 11 is 9.13. The Morgan fingerprint density at radius 2 is 1.81 bits per heavy atom. The Balaban J connectivity index is 1.81. The van der Waals surface area contributed by atoms with Crippen LogP contribution in [0, 0.1) is 0 Å². The molecule has 2 rings (SSSR count). The third-order valence-corrected chi connectivity index (χ3v) is 4.03. The van der Waals surface area contributed by atoms with Gasteiger partial charge in [0.2, 0.25) is 0 Å². The minimum absolute atomic E-state index is 0.241. The monoisotopic (exact) mass is 440 g/mol. The van der Waals surface area contributed by atoms with E-state index in [1.807, 2.05) is 6.92 Å². The van der Waals surface area contributed by atoms with Crippen molar-refractivity contribution in [1.29, 1.82) is 0 Å². The van der Waals surface area contributed by atoms with E-state index in [4.69, 9.17) is 21.1 Å². The van der Waals surface area contributed by atoms with Gasteiger partial charge in [0.15, 0.2) is 6.61 Å². The van der Waals surface area contributed by atoms with Gasteiger partial charge < -0.3 is 9.47 Å². The Hall–Kier alpha value is -2.25. The summed E-state index contributed by atoms with van der Waals surface area (Å²) in [6.45, 7) is 2.36. The number of halogens is 2. The van der Waals surface area contributed by atoms with Gasteiger partial charge in [0.05, 0.1) is 11.1 Å². The average Bonchev–Trinajstić information content (AvgIpc) is 2.64. The predicted molar refractivity (Wildman–Crippen MR) is 102 cm³/mol. The number of hydrogen-bond acceptors (Lipinski definition) is 4. The van der Waals surface area contributed by atoms with Crippen molar-refractivity contribution in [3.63, 3.8) is 0 Å². The molecule has 26 heavy (non-hydrogen) atoms. The Labute approximate surface area is 164 Å². The molecule has 0 atom stereocenters. The first-order valence-electron chi connectivity index (χ1n) is 7.89. The summed E-state index contributed by atoms with van der Waals surface area (Å²) in [4.78, 5) is 23.8. The topological polar surface area (TPSA) is 76.7 Å². The van der Waals surface area contributed by atoms with Gasteiger partial charge in [-0.25, -0.2) is 0 Å². The number of rotatable bonds is 7. The molecule has 2 aromatic rings. The molecule has 0 saturated heterocycles. The van der Waals surface area contributed by atoms with Gasteiger partial charge in [-0.1, -0.05) is 18.5 Å². The maximum Gasteiger partial charge on any atom is 0.276 e. The molecule has 0 saturated carbocycles. The van der Waals surface area contributed by atoms with Gasteiger partial charge in [-0.15, -0.1) is 0 Å². The van der Waals surface area contributed by atoms with Gasteiger partial charge in [-0.05, 0) is 64.8 Å². The minimum atomic E-state index is -0.490. The second-order valence-electron chi connectivity index (χ2n) is 5.24. The maximum atomic E-state index is 12.1. The maximum absolute atomic E-state index is 12.1. The molecule has 2 N–H and O–H groups in total. The summed E-state index contributed by atoms with van der Waals surface area (Å²) in [5, 5.41) is 0.575. The predicted octanol–water partition coefficient (Wildman–Crippen LogP) is 3.73. The largest absolute Gasteiger partial charge is 0.492 e. The standard InChI is InChI=1S/C18H18BrClN2O4/c1-2-9-25-16-8-3-12(10-15(16)19)18(24)22-21-17(23)11-26-14-6-4-13(20)5-7-14/h3-8,10H,2,9,11H2,1H3,(H,21,23)(H,22,24). The van der Waals surface area contributed by atoms with Gasteiger partial charge in [0.25, 0.3) is 11.8 Å². The lowest BCUT2D eigenvalue weighted by Gasteiger charge is -2.11. The van der Waals surface area contributed by atoms with Gasteiger partial charge in [-0.2, -0.15) is 0 Å². The number of nitrogens with one attached hydrogen (secondary N) is 2. The average molecular weight is 442 g/mol. The first-order chi connectivity index (χ1) is 12.5. The van der Waals surface area contributed by atoms with E-state index in [1.165, 1.54) is 0 Å². The third kappa shape index (κ3) is 6.24. The summed E-state index contributed by atoms with van der Waals surface area (Å²) in [6, 6.07) is 11.5. The summed E-state index contributed by atoms with van der Waals surface area (Å²) < 4.78 is 11.5. The number of amides is 2. The molecule has 0 radical (unpaired) electrons. The van der Waals surface area contributed by atoms with Crippen molar-refractivity contribution >= 4 is 39.3 Å². The number of ether oxygens (including phenoxy) is 2. The van der Waals surface area contributed by atoms with E-state index in [1.54, 1.807) is 42.5 Å². The molecule has 0 heterocycles. The first-order valence-corrected chi connectivity index (χ1v) is 9.06. The van der Waals surface area contributed by atoms with E-state index < -0.39 is 11.8 Å². The molecule has 0 bridgehead atoms. The van der Waals surface area contributed by atoms with E-state index in [-0.39, 0.29) is 6.61 Å². The fourth-order valence-corrected chi connectivity index (χ4v) is 2.50. The van der Waals surface area contributed by atoms with Gasteiger partial charge in [0, 0.05) is 10.6 Å². The van der Waals surface area contributed by atoms with Gasteiger partial charge >= 0.3 is 0 Å². The Kier molecular flexibility index (Phi) is 7.74. The van der Waals surface area contributed by atoms with Crippen LogP contribution in [0.3, 0.4) is 0 Å². The summed E-state index contributed by atoms with van der Waals surface area (Å²) in [6.07, 6.45) is 0.888. The number of benzene rings is 2. The fraction of sp³-hybridized carbons (Fsp3) is 0.222. The fourth-order valence-electron chi connectivity index (χ4n) is 1.89. The zero-order chi connectivity index (χ0) is 18.9. The minimum Gasteiger partial charge on any atom is -0.492 e. The van der Waals surface area contributed by atoms with Crippen molar-refractivity contribution in [2.45, 2.75) is 13.3 Å². The molecule has 0 unspecified atom stereocenters. The molecule has 0 aliphatic carbocycles. The van der Waals surface area contributed by atoms with Crippen molar-refractivity contribution in [1.82, 2.24) is 10.9 Å². The van der Waals surface area contributed by atoms with E-state index in [2.05, 4.69) is 26.8 Å². The lowest BCUT2D eigenvalue weighted by molar-refractivity contribution is -0.123. The van der Waals surface area contributed by atoms with Crippen LogP contribution >= 0.6 is 27.5 Å². The molecule has 138 valence electrons. The number of hydrogen-bond donors (Lipinski definition) is 2. The van der Waals surface area contributed by atoms with Crippen LogP contribution in [-0.4, -0.2) is 25.0 Å². The summed E-state index contributed by atoms with van der Waals surface area (Å²) in [7, 11) is 0. The molecule has 0 aliphatic rings. The van der Waals surface area contributed by atoms with Crippen LogP contribution < -0.4 is 20.3 Å². The van der Waals surface area contributed by atoms with Gasteiger partial charge in [0.1, 0.15) is 11.5 Å². The van der Waals surface area contributed by atoms with Crippen molar-refractivity contribution in [3.05, 3.63) is 57.5 Å². The van der Waals surface area contributed by atoms with E-state index in [0.717, 1.165) is 6.42 Å². The van der Waals surface area contributed by atoms with Crippen LogP contribution in [0.15, 0.2) is 46.9 Å². The van der Waals surface area contributed by atoms with Crippen molar-refractivity contribution in [2.24, 2.45) is 0 Å². The second kappa shape index (κ2) is 10.0. The zero-order valence-corrected chi connectivity index (χ0v) is 16.4. The van der Waals surface area contributed by atoms with Crippen LogP contribution in [-0.2, 0) is 4.79 Å². The van der Waals surface area contributed by atoms with E-state index >= 15 is 0 Å². The van der Waals surface area contributed by atoms with Crippen molar-refractivity contribution in [2.75, 3.05) is 13.2 Å². The van der Waals surface area contributed by atoms with Crippen molar-refractivity contribution in [3.8, 4) is 11.5 Å². The summed E-state index contributed by atoms with van der Waals surface area (Å²) in [5.41, 5.74) is 5.00. The SMILES string of the molecule is CCCOc1ccc(C(=O)NNC(=O)COc2ccc(Cl)cc2)cc1Br. The number of carbonyl (C=O) groups is 2. The van der Waals surface area contributed by atoms with Crippen LogP contribution in [0.25, 0.3) is 0 Å². The quantitative estimate of drug-likeness (QED) is 0.642. The molecule has 0 aromatic heterocycles. The molecule has 0 aliphatic heterocycles. The van der Waals surface area contributed by atoms with Gasteiger partial charge in [-0.3, -0.25) is 20.4 Å². The summed E-state index contributed by atoms with van der Waals surface area (Å²) in [5.74, 6) is 0.217. The Bertz CT molecular complexity index is 768. The molecule has 6 nitrogen and oxygen atoms in total. The highest BCUT2D eigenvalue weighted by atomic mass is 79.9. The molecule has 8 heteroatoms. The van der Waals surface area contributed by atoms with Crippen LogP contribution in [0.1, 0.15) is 23.7 Å². The highest BCUT2D eigenvalue weighted by Gasteiger charge is 2.11. The lowest BCUT2D eigenvalue weighted by atomic mass is 10.2. The van der Waals surface area contributed by atoms with Crippen LogP contribution in [0.5, 0.6) is 11.5 Å². The van der Waals surface area contributed by atoms with Crippen LogP contribution in [0.2, 0.25) is 5.02 Å². The molecular formula is C18H18BrClN2O4. The number of carbonyl (C=O) groups excluding carboxylic acids is 2. The zero-order valence-electron chi connectivity index (χ0n) is 14.1. The van der Waals surface area contributed by atoms with E-state index in [0.29, 0.717) is 33.2 Å². The third-order valence-electron chi connectivity index (χ3n) is 3.15. The smallest absolute Gasteiger partial charge is 0.276 e. The normalized spacial score (nSPS) is 10.1.